The monoisotopic (exact) mass is 515 g/mol. The van der Waals surface area contributed by atoms with Crippen molar-refractivity contribution in [3.8, 4) is 28.6 Å². The average molecular weight is 516 g/mol. The SMILES string of the molecule is Cc1ccc(-n2c(SCC(=O)N/N=C/c3ccc(O)c(O)c3)nnc2-c2ccc(C(C)(C)C)cc2)cc1. The third-order valence-electron chi connectivity index (χ3n) is 5.67. The van der Waals surface area contributed by atoms with Gasteiger partial charge in [-0.1, -0.05) is 74.5 Å². The van der Waals surface area contributed by atoms with E-state index in [1.54, 1.807) is 6.07 Å². The molecule has 0 fully saturated rings. The third-order valence-corrected chi connectivity index (χ3v) is 6.60. The third kappa shape index (κ3) is 6.37. The van der Waals surface area contributed by atoms with Crippen LogP contribution in [0.15, 0.2) is 77.0 Å². The van der Waals surface area contributed by atoms with E-state index in [0.29, 0.717) is 16.5 Å². The van der Waals surface area contributed by atoms with Gasteiger partial charge in [-0.25, -0.2) is 5.43 Å². The highest BCUT2D eigenvalue weighted by molar-refractivity contribution is 7.99. The number of nitrogens with zero attached hydrogens (tertiary/aromatic N) is 4. The van der Waals surface area contributed by atoms with Gasteiger partial charge in [0.1, 0.15) is 0 Å². The summed E-state index contributed by atoms with van der Waals surface area (Å²) in [6.07, 6.45) is 1.38. The van der Waals surface area contributed by atoms with Crippen LogP contribution in [-0.2, 0) is 10.2 Å². The first-order valence-corrected chi connectivity index (χ1v) is 12.7. The molecule has 0 aliphatic heterocycles. The van der Waals surface area contributed by atoms with Crippen LogP contribution < -0.4 is 5.43 Å². The van der Waals surface area contributed by atoms with Crippen LogP contribution in [0.2, 0.25) is 0 Å². The summed E-state index contributed by atoms with van der Waals surface area (Å²) in [5, 5.41) is 32.3. The van der Waals surface area contributed by atoms with Crippen molar-refractivity contribution in [3.05, 3.63) is 83.4 Å². The number of rotatable bonds is 7. The number of carbonyl (C=O) groups excluding carboxylic acids is 1. The minimum absolute atomic E-state index is 0.0443. The Hall–Kier alpha value is -4.11. The summed E-state index contributed by atoms with van der Waals surface area (Å²) in [6.45, 7) is 8.56. The lowest BCUT2D eigenvalue weighted by atomic mass is 9.87. The maximum absolute atomic E-state index is 12.4. The van der Waals surface area contributed by atoms with Crippen molar-refractivity contribution in [3.63, 3.8) is 0 Å². The molecule has 0 saturated carbocycles. The lowest BCUT2D eigenvalue weighted by Crippen LogP contribution is -2.20. The molecule has 37 heavy (non-hydrogen) atoms. The maximum Gasteiger partial charge on any atom is 0.250 e. The number of nitrogens with one attached hydrogen (secondary N) is 1. The molecule has 1 aromatic heterocycles. The number of amides is 1. The van der Waals surface area contributed by atoms with Crippen LogP contribution in [0.25, 0.3) is 17.1 Å². The molecule has 0 bridgehead atoms. The maximum atomic E-state index is 12.4. The van der Waals surface area contributed by atoms with Crippen LogP contribution in [-0.4, -0.2) is 42.9 Å². The van der Waals surface area contributed by atoms with Crippen LogP contribution in [0, 0.1) is 6.92 Å². The smallest absolute Gasteiger partial charge is 0.250 e. The Morgan fingerprint density at radius 1 is 1.00 bits per heavy atom. The zero-order valence-electron chi connectivity index (χ0n) is 21.1. The highest BCUT2D eigenvalue weighted by atomic mass is 32.2. The topological polar surface area (TPSA) is 113 Å². The molecule has 0 unspecified atom stereocenters. The number of phenols is 2. The van der Waals surface area contributed by atoms with Gasteiger partial charge in [0.05, 0.1) is 12.0 Å². The standard InChI is InChI=1S/C28H29N5O3S/c1-18-5-12-22(13-6-18)33-26(20-8-10-21(11-9-20)28(2,3)4)31-32-27(33)37-17-25(36)30-29-16-19-7-14-23(34)24(35)15-19/h5-16,34-35H,17H2,1-4H3,(H,30,36)/b29-16+. The fraction of sp³-hybridized carbons (Fsp3) is 0.214. The van der Waals surface area contributed by atoms with Gasteiger partial charge in [0.25, 0.3) is 5.91 Å². The number of hydrazone groups is 1. The van der Waals surface area contributed by atoms with E-state index in [2.05, 4.69) is 53.6 Å². The molecule has 0 radical (unpaired) electrons. The molecule has 3 aromatic carbocycles. The van der Waals surface area contributed by atoms with Crippen LogP contribution >= 0.6 is 11.8 Å². The van der Waals surface area contributed by atoms with Gasteiger partial charge in [-0.05, 0) is 53.8 Å². The van der Waals surface area contributed by atoms with Crippen molar-refractivity contribution in [1.29, 1.82) is 0 Å². The van der Waals surface area contributed by atoms with Gasteiger partial charge in [0, 0.05) is 11.3 Å². The van der Waals surface area contributed by atoms with Crippen molar-refractivity contribution in [1.82, 2.24) is 20.2 Å². The number of hydrogen-bond acceptors (Lipinski definition) is 7. The average Bonchev–Trinajstić information content (AvgIpc) is 3.29. The van der Waals surface area contributed by atoms with Crippen molar-refractivity contribution in [2.45, 2.75) is 38.3 Å². The Labute approximate surface area is 220 Å². The van der Waals surface area contributed by atoms with Crippen molar-refractivity contribution < 1.29 is 15.0 Å². The fourth-order valence-electron chi connectivity index (χ4n) is 3.56. The summed E-state index contributed by atoms with van der Waals surface area (Å²) in [4.78, 5) is 12.4. The Kier molecular flexibility index (Phi) is 7.63. The van der Waals surface area contributed by atoms with Gasteiger partial charge in [-0.2, -0.15) is 5.10 Å². The Bertz CT molecular complexity index is 1420. The molecular weight excluding hydrogens is 486 g/mol. The van der Waals surface area contributed by atoms with Crippen LogP contribution in [0.4, 0.5) is 0 Å². The van der Waals surface area contributed by atoms with Crippen LogP contribution in [0.1, 0.15) is 37.5 Å². The second kappa shape index (κ2) is 10.9. The fourth-order valence-corrected chi connectivity index (χ4v) is 4.30. The molecule has 190 valence electrons. The first kappa shape index (κ1) is 26.0. The number of phenolic OH excluding ortho intramolecular Hbond substituents is 2. The molecule has 4 aromatic rings. The summed E-state index contributed by atoms with van der Waals surface area (Å²) in [6, 6.07) is 20.6. The van der Waals surface area contributed by atoms with Gasteiger partial charge < -0.3 is 10.2 Å². The Morgan fingerprint density at radius 3 is 2.35 bits per heavy atom. The number of aryl methyl sites for hydroxylation is 1. The summed E-state index contributed by atoms with van der Waals surface area (Å²) in [5.74, 6) is -0.0356. The molecule has 8 nitrogen and oxygen atoms in total. The number of hydrogen-bond donors (Lipinski definition) is 3. The zero-order valence-corrected chi connectivity index (χ0v) is 22.0. The van der Waals surface area contributed by atoms with Crippen molar-refractivity contribution >= 4 is 23.9 Å². The van der Waals surface area contributed by atoms with Gasteiger partial charge in [0.15, 0.2) is 22.5 Å². The lowest BCUT2D eigenvalue weighted by Gasteiger charge is -2.19. The van der Waals surface area contributed by atoms with Crippen molar-refractivity contribution in [2.24, 2.45) is 5.10 Å². The molecule has 1 amide bonds. The Balaban J connectivity index is 1.53. The summed E-state index contributed by atoms with van der Waals surface area (Å²) in [5.41, 5.74) is 7.25. The predicted octanol–water partition coefficient (Wildman–Crippen LogP) is 5.19. The first-order valence-electron chi connectivity index (χ1n) is 11.7. The molecule has 0 aliphatic carbocycles. The zero-order chi connectivity index (χ0) is 26.6. The van der Waals surface area contributed by atoms with E-state index in [9.17, 15) is 15.0 Å². The number of benzene rings is 3. The van der Waals surface area contributed by atoms with E-state index in [1.807, 2.05) is 47.9 Å². The molecule has 0 atom stereocenters. The highest BCUT2D eigenvalue weighted by Crippen LogP contribution is 2.30. The van der Waals surface area contributed by atoms with Crippen LogP contribution in [0.3, 0.4) is 0 Å². The van der Waals surface area contributed by atoms with E-state index >= 15 is 0 Å². The number of thioether (sulfide) groups is 1. The second-order valence-corrected chi connectivity index (χ2v) is 10.6. The number of carbonyl (C=O) groups is 1. The molecule has 9 heteroatoms. The van der Waals surface area contributed by atoms with E-state index in [-0.39, 0.29) is 28.6 Å². The van der Waals surface area contributed by atoms with Crippen LogP contribution in [0.5, 0.6) is 11.5 Å². The lowest BCUT2D eigenvalue weighted by molar-refractivity contribution is -0.118. The molecule has 4 rings (SSSR count). The summed E-state index contributed by atoms with van der Waals surface area (Å²) in [7, 11) is 0. The summed E-state index contributed by atoms with van der Waals surface area (Å²) < 4.78 is 1.95. The largest absolute Gasteiger partial charge is 0.504 e. The molecule has 3 N–H and O–H groups in total. The molecular formula is C28H29N5O3S. The van der Waals surface area contributed by atoms with Gasteiger partial charge in [-0.15, -0.1) is 10.2 Å². The first-order chi connectivity index (χ1) is 17.6. The normalized spacial score (nSPS) is 11.7. The van der Waals surface area contributed by atoms with E-state index in [0.717, 1.165) is 16.8 Å². The molecule has 0 saturated heterocycles. The number of aromatic hydroxyl groups is 2. The predicted molar refractivity (Wildman–Crippen MR) is 146 cm³/mol. The molecule has 0 aliphatic rings. The van der Waals surface area contributed by atoms with Crippen molar-refractivity contribution in [2.75, 3.05) is 5.75 Å². The molecule has 0 spiro atoms. The van der Waals surface area contributed by atoms with Gasteiger partial charge in [-0.3, -0.25) is 9.36 Å². The quantitative estimate of drug-likeness (QED) is 0.135. The van der Waals surface area contributed by atoms with E-state index in [1.165, 1.54) is 35.7 Å². The van der Waals surface area contributed by atoms with E-state index < -0.39 is 0 Å². The minimum atomic E-state index is -0.321. The molecule has 1 heterocycles. The second-order valence-electron chi connectivity index (χ2n) is 9.63. The van der Waals surface area contributed by atoms with E-state index in [4.69, 9.17) is 0 Å². The highest BCUT2D eigenvalue weighted by Gasteiger charge is 2.19. The summed E-state index contributed by atoms with van der Waals surface area (Å²) >= 11 is 1.26. The number of aromatic nitrogens is 3. The van der Waals surface area contributed by atoms with Gasteiger partial charge >= 0.3 is 0 Å². The Morgan fingerprint density at radius 2 is 1.70 bits per heavy atom. The minimum Gasteiger partial charge on any atom is -0.504 e. The van der Waals surface area contributed by atoms with Gasteiger partial charge in [0.2, 0.25) is 0 Å².